The van der Waals surface area contributed by atoms with Gasteiger partial charge in [0.25, 0.3) is 0 Å². The average molecular weight is 282 g/mol. The third kappa shape index (κ3) is 4.87. The van der Waals surface area contributed by atoms with Crippen LogP contribution in [-0.2, 0) is 16.1 Å². The second kappa shape index (κ2) is 8.13. The second-order valence-electron chi connectivity index (χ2n) is 4.09. The molecule has 0 fully saturated rings. The molecule has 7 heteroatoms. The van der Waals surface area contributed by atoms with Crippen LogP contribution in [0.2, 0.25) is 0 Å². The molecule has 110 valence electrons. The molecule has 0 radical (unpaired) electrons. The second-order valence-corrected chi connectivity index (χ2v) is 4.09. The summed E-state index contributed by atoms with van der Waals surface area (Å²) in [5, 5.41) is 22.5. The van der Waals surface area contributed by atoms with Crippen molar-refractivity contribution >= 4 is 17.7 Å². The number of amides is 2. The molecule has 0 aromatic heterocycles. The van der Waals surface area contributed by atoms with Crippen LogP contribution in [0.3, 0.4) is 0 Å². The van der Waals surface area contributed by atoms with E-state index in [-0.39, 0.29) is 13.0 Å². The highest BCUT2D eigenvalue weighted by Crippen LogP contribution is 2.15. The number of anilines is 1. The van der Waals surface area contributed by atoms with Gasteiger partial charge in [-0.2, -0.15) is 0 Å². The first-order valence-corrected chi connectivity index (χ1v) is 6.06. The smallest absolute Gasteiger partial charge is 0.326 e. The summed E-state index contributed by atoms with van der Waals surface area (Å²) in [6.45, 7) is 0.00691. The van der Waals surface area contributed by atoms with E-state index in [1.54, 1.807) is 25.3 Å². The highest BCUT2D eigenvalue weighted by atomic mass is 16.5. The van der Waals surface area contributed by atoms with Crippen molar-refractivity contribution in [1.29, 1.82) is 0 Å². The van der Waals surface area contributed by atoms with E-state index >= 15 is 0 Å². The SMILES string of the molecule is COCc1ccccc1NC(=O)NC(CCO)C(=O)O. The lowest BCUT2D eigenvalue weighted by atomic mass is 10.2. The molecule has 0 bridgehead atoms. The Balaban J connectivity index is 2.68. The van der Waals surface area contributed by atoms with E-state index in [1.807, 2.05) is 6.07 Å². The Bertz CT molecular complexity index is 464. The van der Waals surface area contributed by atoms with Crippen LogP contribution in [0.15, 0.2) is 24.3 Å². The van der Waals surface area contributed by atoms with Gasteiger partial charge in [-0.1, -0.05) is 18.2 Å². The molecule has 1 aromatic rings. The zero-order valence-electron chi connectivity index (χ0n) is 11.1. The van der Waals surface area contributed by atoms with E-state index < -0.39 is 18.0 Å². The number of aliphatic carboxylic acids is 1. The number of carbonyl (C=O) groups excluding carboxylic acids is 1. The summed E-state index contributed by atoms with van der Waals surface area (Å²) in [7, 11) is 1.54. The Labute approximate surface area is 116 Å². The third-order valence-corrected chi connectivity index (χ3v) is 2.59. The molecule has 4 N–H and O–H groups in total. The minimum absolute atomic E-state index is 0.0531. The summed E-state index contributed by atoms with van der Waals surface area (Å²) in [5.41, 5.74) is 1.32. The number of aliphatic hydroxyl groups is 1. The lowest BCUT2D eigenvalue weighted by molar-refractivity contribution is -0.139. The minimum Gasteiger partial charge on any atom is -0.480 e. The molecule has 1 aromatic carbocycles. The fraction of sp³-hybridized carbons (Fsp3) is 0.385. The first-order chi connectivity index (χ1) is 9.58. The molecule has 20 heavy (non-hydrogen) atoms. The number of methoxy groups -OCH3 is 1. The molecular formula is C13H18N2O5. The topological polar surface area (TPSA) is 108 Å². The quantitative estimate of drug-likeness (QED) is 0.591. The molecule has 7 nitrogen and oxygen atoms in total. The summed E-state index contributed by atoms with van der Waals surface area (Å²) in [4.78, 5) is 22.6. The molecular weight excluding hydrogens is 264 g/mol. The molecule has 0 aliphatic rings. The molecule has 0 aliphatic carbocycles. The van der Waals surface area contributed by atoms with Gasteiger partial charge in [0.05, 0.1) is 6.61 Å². The van der Waals surface area contributed by atoms with Crippen LogP contribution in [0.5, 0.6) is 0 Å². The number of hydrogen-bond acceptors (Lipinski definition) is 4. The van der Waals surface area contributed by atoms with E-state index in [0.29, 0.717) is 12.3 Å². The van der Waals surface area contributed by atoms with E-state index in [0.717, 1.165) is 5.56 Å². The number of hydrogen-bond donors (Lipinski definition) is 4. The maximum atomic E-state index is 11.8. The predicted molar refractivity (Wildman–Crippen MR) is 72.4 cm³/mol. The van der Waals surface area contributed by atoms with Gasteiger partial charge in [-0.25, -0.2) is 9.59 Å². The maximum absolute atomic E-state index is 11.8. The monoisotopic (exact) mass is 282 g/mol. The first kappa shape index (κ1) is 15.9. The Hall–Kier alpha value is -2.12. The van der Waals surface area contributed by atoms with E-state index in [1.165, 1.54) is 0 Å². The van der Waals surface area contributed by atoms with Gasteiger partial charge in [-0.05, 0) is 6.07 Å². The lowest BCUT2D eigenvalue weighted by Gasteiger charge is -2.15. The van der Waals surface area contributed by atoms with Gasteiger partial charge in [0.2, 0.25) is 0 Å². The van der Waals surface area contributed by atoms with Crippen molar-refractivity contribution in [1.82, 2.24) is 5.32 Å². The number of rotatable bonds is 7. The maximum Gasteiger partial charge on any atom is 0.326 e. The fourth-order valence-electron chi connectivity index (χ4n) is 1.63. The van der Waals surface area contributed by atoms with Gasteiger partial charge in [0.15, 0.2) is 0 Å². The van der Waals surface area contributed by atoms with E-state index in [9.17, 15) is 9.59 Å². The zero-order chi connectivity index (χ0) is 15.0. The number of ether oxygens (including phenoxy) is 1. The normalized spacial score (nSPS) is 11.7. The van der Waals surface area contributed by atoms with Crippen LogP contribution in [0.25, 0.3) is 0 Å². The van der Waals surface area contributed by atoms with Crippen molar-refractivity contribution in [3.63, 3.8) is 0 Å². The van der Waals surface area contributed by atoms with Crippen molar-refractivity contribution in [2.24, 2.45) is 0 Å². The highest BCUT2D eigenvalue weighted by molar-refractivity contribution is 5.92. The standard InChI is InChI=1S/C13H18N2O5/c1-20-8-9-4-2-3-5-10(9)14-13(19)15-11(6-7-16)12(17)18/h2-5,11,16H,6-8H2,1H3,(H,17,18)(H2,14,15,19). The largest absolute Gasteiger partial charge is 0.480 e. The van der Waals surface area contributed by atoms with Gasteiger partial charge >= 0.3 is 12.0 Å². The molecule has 1 rings (SSSR count). The van der Waals surface area contributed by atoms with Crippen molar-refractivity contribution in [2.75, 3.05) is 19.0 Å². The molecule has 0 aliphatic heterocycles. The molecule has 0 heterocycles. The lowest BCUT2D eigenvalue weighted by Crippen LogP contribution is -2.43. The highest BCUT2D eigenvalue weighted by Gasteiger charge is 2.19. The number of nitrogens with one attached hydrogen (secondary N) is 2. The number of para-hydroxylation sites is 1. The van der Waals surface area contributed by atoms with Gasteiger partial charge in [-0.3, -0.25) is 0 Å². The van der Waals surface area contributed by atoms with E-state index in [2.05, 4.69) is 10.6 Å². The zero-order valence-corrected chi connectivity index (χ0v) is 11.1. The molecule has 2 amide bonds. The average Bonchev–Trinajstić information content (AvgIpc) is 2.40. The van der Waals surface area contributed by atoms with Crippen LogP contribution >= 0.6 is 0 Å². The van der Waals surface area contributed by atoms with E-state index in [4.69, 9.17) is 14.9 Å². The number of aliphatic hydroxyl groups excluding tert-OH is 1. The Kier molecular flexibility index (Phi) is 6.48. The van der Waals surface area contributed by atoms with Crippen LogP contribution < -0.4 is 10.6 Å². The van der Waals surface area contributed by atoms with Gasteiger partial charge in [0, 0.05) is 31.4 Å². The van der Waals surface area contributed by atoms with Crippen LogP contribution in [-0.4, -0.2) is 42.0 Å². The molecule has 1 unspecified atom stereocenters. The summed E-state index contributed by atoms with van der Waals surface area (Å²) >= 11 is 0. The number of carboxylic acids is 1. The summed E-state index contributed by atoms with van der Waals surface area (Å²) in [5.74, 6) is -1.20. The summed E-state index contributed by atoms with van der Waals surface area (Å²) in [6.07, 6.45) is -0.0531. The molecule has 0 saturated carbocycles. The van der Waals surface area contributed by atoms with Crippen LogP contribution in [0, 0.1) is 0 Å². The number of urea groups is 1. The van der Waals surface area contributed by atoms with Gasteiger partial charge in [0.1, 0.15) is 6.04 Å². The van der Waals surface area contributed by atoms with Crippen LogP contribution in [0.4, 0.5) is 10.5 Å². The predicted octanol–water partition coefficient (Wildman–Crippen LogP) is 0.790. The molecule has 1 atom stereocenters. The van der Waals surface area contributed by atoms with Crippen molar-refractivity contribution in [2.45, 2.75) is 19.1 Å². The molecule has 0 saturated heterocycles. The van der Waals surface area contributed by atoms with Crippen LogP contribution in [0.1, 0.15) is 12.0 Å². The van der Waals surface area contributed by atoms with Crippen molar-refractivity contribution in [3.8, 4) is 0 Å². The summed E-state index contributed by atoms with van der Waals surface area (Å²) < 4.78 is 5.01. The van der Waals surface area contributed by atoms with Crippen molar-refractivity contribution < 1.29 is 24.5 Å². The summed E-state index contributed by atoms with van der Waals surface area (Å²) in [6, 6.07) is 5.27. The number of benzene rings is 1. The minimum atomic E-state index is -1.20. The number of carbonyl (C=O) groups is 2. The Morgan fingerprint density at radius 1 is 1.35 bits per heavy atom. The fourth-order valence-corrected chi connectivity index (χ4v) is 1.63. The van der Waals surface area contributed by atoms with Gasteiger partial charge < -0.3 is 25.6 Å². The van der Waals surface area contributed by atoms with Gasteiger partial charge in [-0.15, -0.1) is 0 Å². The Morgan fingerprint density at radius 3 is 2.65 bits per heavy atom. The van der Waals surface area contributed by atoms with Crippen molar-refractivity contribution in [3.05, 3.63) is 29.8 Å². The third-order valence-electron chi connectivity index (χ3n) is 2.59. The Morgan fingerprint density at radius 2 is 2.05 bits per heavy atom. The molecule has 0 spiro atoms. The number of carboxylic acid groups (broad SMARTS) is 1. The first-order valence-electron chi connectivity index (χ1n) is 6.06.